The fourth-order valence-corrected chi connectivity index (χ4v) is 5.38. The Balaban J connectivity index is 1.51. The van der Waals surface area contributed by atoms with Gasteiger partial charge in [-0.15, -0.1) is 23.1 Å². The minimum absolute atomic E-state index is 0.113. The Morgan fingerprint density at radius 3 is 2.34 bits per heavy atom. The van der Waals surface area contributed by atoms with E-state index in [0.717, 1.165) is 41.9 Å². The van der Waals surface area contributed by atoms with Crippen LogP contribution in [-0.2, 0) is 27.2 Å². The molecule has 0 saturated heterocycles. The van der Waals surface area contributed by atoms with Crippen LogP contribution < -0.4 is 15.4 Å². The number of nitrogens with one attached hydrogen (secondary N) is 2. The molecule has 0 aliphatic heterocycles. The number of amides is 2. The van der Waals surface area contributed by atoms with Gasteiger partial charge in [0.25, 0.3) is 0 Å². The van der Waals surface area contributed by atoms with Gasteiger partial charge in [-0.1, -0.05) is 0 Å². The number of fused-ring (bicyclic) bond motifs is 1. The predicted octanol–water partition coefficient (Wildman–Crippen LogP) is 4.51. The van der Waals surface area contributed by atoms with Gasteiger partial charge in [0, 0.05) is 10.6 Å². The Morgan fingerprint density at radius 2 is 1.66 bits per heavy atom. The monoisotopic (exact) mass is 476 g/mol. The molecule has 0 unspecified atom stereocenters. The van der Waals surface area contributed by atoms with Crippen LogP contribution in [0.1, 0.15) is 47.5 Å². The average molecular weight is 477 g/mol. The molecule has 1 aromatic heterocycles. The summed E-state index contributed by atoms with van der Waals surface area (Å²) in [6, 6.07) is 7.13. The van der Waals surface area contributed by atoms with E-state index in [2.05, 4.69) is 10.6 Å². The molecule has 0 radical (unpaired) electrons. The second-order valence-electron chi connectivity index (χ2n) is 7.18. The summed E-state index contributed by atoms with van der Waals surface area (Å²) in [5, 5.41) is 6.22. The molecular weight excluding hydrogens is 448 g/mol. The standard InChI is InChI=1S/C23H28N2O5S2/c1-3-29-16-11-9-15(10-12-16)24-19(26)13-31-14-20(27)25-22-21(23(28)30-4-2)17-7-5-6-8-18(17)32-22/h9-12H,3-8,13-14H2,1-2H3,(H,24,26)(H,25,27). The third kappa shape index (κ3) is 6.49. The maximum absolute atomic E-state index is 12.5. The van der Waals surface area contributed by atoms with Crippen LogP contribution in [0.3, 0.4) is 0 Å². The van der Waals surface area contributed by atoms with E-state index in [1.807, 2.05) is 6.92 Å². The van der Waals surface area contributed by atoms with E-state index in [1.165, 1.54) is 23.1 Å². The minimum Gasteiger partial charge on any atom is -0.494 e. The smallest absolute Gasteiger partial charge is 0.341 e. The quantitative estimate of drug-likeness (QED) is 0.490. The number of thiophene rings is 1. The second kappa shape index (κ2) is 11.9. The van der Waals surface area contributed by atoms with Gasteiger partial charge in [0.15, 0.2) is 0 Å². The molecule has 1 aromatic carbocycles. The third-order valence-corrected chi connectivity index (χ3v) is 6.96. The molecule has 32 heavy (non-hydrogen) atoms. The van der Waals surface area contributed by atoms with Crippen LogP contribution >= 0.6 is 23.1 Å². The van der Waals surface area contributed by atoms with Crippen LogP contribution in [0, 0.1) is 0 Å². The van der Waals surface area contributed by atoms with E-state index in [0.29, 0.717) is 22.9 Å². The number of thioether (sulfide) groups is 1. The normalized spacial score (nSPS) is 12.6. The molecule has 172 valence electrons. The molecular formula is C23H28N2O5S2. The first kappa shape index (κ1) is 24.1. The lowest BCUT2D eigenvalue weighted by Crippen LogP contribution is -2.19. The number of benzene rings is 1. The molecule has 1 aliphatic carbocycles. The number of ether oxygens (including phenoxy) is 2. The van der Waals surface area contributed by atoms with Gasteiger partial charge in [0.05, 0.1) is 30.3 Å². The molecule has 0 bridgehead atoms. The van der Waals surface area contributed by atoms with Gasteiger partial charge in [0.1, 0.15) is 10.8 Å². The molecule has 2 aromatic rings. The van der Waals surface area contributed by atoms with Gasteiger partial charge >= 0.3 is 5.97 Å². The molecule has 2 amide bonds. The molecule has 9 heteroatoms. The van der Waals surface area contributed by atoms with Crippen LogP contribution in [0.15, 0.2) is 24.3 Å². The molecule has 0 saturated carbocycles. The zero-order valence-corrected chi connectivity index (χ0v) is 20.0. The number of hydrogen-bond donors (Lipinski definition) is 2. The van der Waals surface area contributed by atoms with Crippen LogP contribution in [0.2, 0.25) is 0 Å². The molecule has 2 N–H and O–H groups in total. The molecule has 0 atom stereocenters. The number of aryl methyl sites for hydroxylation is 1. The van der Waals surface area contributed by atoms with Gasteiger partial charge < -0.3 is 20.1 Å². The Hall–Kier alpha value is -2.52. The third-order valence-electron chi connectivity index (χ3n) is 4.82. The predicted molar refractivity (Wildman–Crippen MR) is 129 cm³/mol. The van der Waals surface area contributed by atoms with Crippen molar-refractivity contribution >= 4 is 51.6 Å². The highest BCUT2D eigenvalue weighted by atomic mass is 32.2. The highest BCUT2D eigenvalue weighted by Gasteiger charge is 2.27. The van der Waals surface area contributed by atoms with Crippen molar-refractivity contribution in [1.82, 2.24) is 0 Å². The Bertz CT molecular complexity index is 956. The van der Waals surface area contributed by atoms with E-state index in [-0.39, 0.29) is 35.9 Å². The summed E-state index contributed by atoms with van der Waals surface area (Å²) in [7, 11) is 0. The van der Waals surface area contributed by atoms with Gasteiger partial charge in [-0.3, -0.25) is 9.59 Å². The summed E-state index contributed by atoms with van der Waals surface area (Å²) >= 11 is 2.68. The van der Waals surface area contributed by atoms with Gasteiger partial charge in [-0.25, -0.2) is 4.79 Å². The zero-order valence-electron chi connectivity index (χ0n) is 18.3. The van der Waals surface area contributed by atoms with Gasteiger partial charge in [-0.2, -0.15) is 0 Å². The molecule has 1 heterocycles. The van der Waals surface area contributed by atoms with Crippen molar-refractivity contribution in [3.8, 4) is 5.75 Å². The number of hydrogen-bond acceptors (Lipinski definition) is 7. The van der Waals surface area contributed by atoms with Crippen LogP contribution in [0.25, 0.3) is 0 Å². The molecule has 0 fully saturated rings. The fraction of sp³-hybridized carbons (Fsp3) is 0.435. The second-order valence-corrected chi connectivity index (χ2v) is 9.27. The number of anilines is 2. The Labute approximate surface area is 196 Å². The first-order chi connectivity index (χ1) is 15.5. The average Bonchev–Trinajstić information content (AvgIpc) is 3.13. The van der Waals surface area contributed by atoms with E-state index in [1.54, 1.807) is 31.2 Å². The zero-order chi connectivity index (χ0) is 22.9. The van der Waals surface area contributed by atoms with Gasteiger partial charge in [0.2, 0.25) is 11.8 Å². The van der Waals surface area contributed by atoms with E-state index >= 15 is 0 Å². The van der Waals surface area contributed by atoms with E-state index < -0.39 is 0 Å². The summed E-state index contributed by atoms with van der Waals surface area (Å²) in [4.78, 5) is 38.3. The van der Waals surface area contributed by atoms with E-state index in [4.69, 9.17) is 9.47 Å². The number of esters is 1. The highest BCUT2D eigenvalue weighted by molar-refractivity contribution is 8.00. The lowest BCUT2D eigenvalue weighted by atomic mass is 9.95. The largest absolute Gasteiger partial charge is 0.494 e. The maximum Gasteiger partial charge on any atom is 0.341 e. The van der Waals surface area contributed by atoms with Crippen LogP contribution in [0.5, 0.6) is 5.75 Å². The molecule has 1 aliphatic rings. The number of rotatable bonds is 10. The molecule has 0 spiro atoms. The van der Waals surface area contributed by atoms with Crippen LogP contribution in [-0.4, -0.2) is 42.5 Å². The van der Waals surface area contributed by atoms with Crippen molar-refractivity contribution in [3.63, 3.8) is 0 Å². The Kier molecular flexibility index (Phi) is 8.99. The molecule has 3 rings (SSSR count). The number of carbonyl (C=O) groups excluding carboxylic acids is 3. The van der Waals surface area contributed by atoms with Crippen molar-refractivity contribution in [1.29, 1.82) is 0 Å². The summed E-state index contributed by atoms with van der Waals surface area (Å²) < 4.78 is 10.6. The Morgan fingerprint density at radius 1 is 0.969 bits per heavy atom. The van der Waals surface area contributed by atoms with Crippen molar-refractivity contribution < 1.29 is 23.9 Å². The highest BCUT2D eigenvalue weighted by Crippen LogP contribution is 2.38. The van der Waals surface area contributed by atoms with E-state index in [9.17, 15) is 14.4 Å². The van der Waals surface area contributed by atoms with Crippen molar-refractivity contribution in [2.45, 2.75) is 39.5 Å². The van der Waals surface area contributed by atoms with Crippen LogP contribution in [0.4, 0.5) is 10.7 Å². The van der Waals surface area contributed by atoms with Crippen molar-refractivity contribution in [2.75, 3.05) is 35.4 Å². The molecule has 7 nitrogen and oxygen atoms in total. The lowest BCUT2D eigenvalue weighted by Gasteiger charge is -2.12. The maximum atomic E-state index is 12.5. The summed E-state index contributed by atoms with van der Waals surface area (Å²) in [6.07, 6.45) is 3.87. The minimum atomic E-state index is -0.385. The van der Waals surface area contributed by atoms with Crippen molar-refractivity contribution in [2.24, 2.45) is 0 Å². The van der Waals surface area contributed by atoms with Gasteiger partial charge in [-0.05, 0) is 69.4 Å². The topological polar surface area (TPSA) is 93.7 Å². The first-order valence-corrected chi connectivity index (χ1v) is 12.7. The summed E-state index contributed by atoms with van der Waals surface area (Å²) in [5.74, 6) is 0.186. The number of carbonyl (C=O) groups is 3. The summed E-state index contributed by atoms with van der Waals surface area (Å²) in [5.41, 5.74) is 2.18. The lowest BCUT2D eigenvalue weighted by molar-refractivity contribution is -0.114. The summed E-state index contributed by atoms with van der Waals surface area (Å²) in [6.45, 7) is 4.55. The SMILES string of the molecule is CCOC(=O)c1c(NC(=O)CSCC(=O)Nc2ccc(OCC)cc2)sc2c1CCCC2. The van der Waals surface area contributed by atoms with Crippen molar-refractivity contribution in [3.05, 3.63) is 40.3 Å². The fourth-order valence-electron chi connectivity index (χ4n) is 3.47. The first-order valence-electron chi connectivity index (χ1n) is 10.7.